The van der Waals surface area contributed by atoms with Crippen molar-refractivity contribution in [2.75, 3.05) is 25.6 Å². The Labute approximate surface area is 145 Å². The molecule has 1 atom stereocenters. The molecule has 1 saturated heterocycles. The zero-order valence-corrected chi connectivity index (χ0v) is 14.9. The van der Waals surface area contributed by atoms with Gasteiger partial charge >= 0.3 is 5.97 Å². The van der Waals surface area contributed by atoms with E-state index in [4.69, 9.17) is 21.7 Å². The minimum absolute atomic E-state index is 0.228. The molecule has 0 bridgehead atoms. The minimum Gasteiger partial charge on any atom is -0.465 e. The molecule has 0 spiro atoms. The van der Waals surface area contributed by atoms with Crippen LogP contribution in [0.25, 0.3) is 0 Å². The molecule has 7 heteroatoms. The number of thiophene rings is 1. The van der Waals surface area contributed by atoms with Crippen molar-refractivity contribution in [2.24, 2.45) is 0 Å². The average Bonchev–Trinajstić information content (AvgIpc) is 3.19. The maximum Gasteiger partial charge on any atom is 0.341 e. The van der Waals surface area contributed by atoms with Crippen molar-refractivity contribution >= 4 is 39.6 Å². The first-order chi connectivity index (χ1) is 11.2. The molecule has 2 heterocycles. The van der Waals surface area contributed by atoms with Crippen molar-refractivity contribution in [3.63, 3.8) is 0 Å². The topological polar surface area (TPSA) is 59.6 Å². The number of carbonyl (C=O) groups is 1. The second kappa shape index (κ2) is 7.59. The van der Waals surface area contributed by atoms with Crippen molar-refractivity contribution in [3.05, 3.63) is 16.0 Å². The van der Waals surface area contributed by atoms with Crippen LogP contribution in [0.5, 0.6) is 0 Å². The fourth-order valence-electron chi connectivity index (χ4n) is 3.13. The number of fused-ring (bicyclic) bond motifs is 1. The molecule has 0 amide bonds. The smallest absolute Gasteiger partial charge is 0.341 e. The van der Waals surface area contributed by atoms with Crippen LogP contribution in [-0.2, 0) is 22.3 Å². The van der Waals surface area contributed by atoms with Crippen LogP contribution in [0.15, 0.2) is 0 Å². The highest BCUT2D eigenvalue weighted by Crippen LogP contribution is 2.38. The highest BCUT2D eigenvalue weighted by Gasteiger charge is 2.26. The van der Waals surface area contributed by atoms with Gasteiger partial charge in [0, 0.05) is 18.0 Å². The number of methoxy groups -OCH3 is 1. The summed E-state index contributed by atoms with van der Waals surface area (Å²) in [4.78, 5) is 13.5. The van der Waals surface area contributed by atoms with E-state index in [-0.39, 0.29) is 12.1 Å². The highest BCUT2D eigenvalue weighted by molar-refractivity contribution is 7.80. The molecule has 0 unspecified atom stereocenters. The second-order valence-electron chi connectivity index (χ2n) is 5.88. The Morgan fingerprint density at radius 3 is 2.96 bits per heavy atom. The molecule has 2 N–H and O–H groups in total. The molecule has 0 aromatic carbocycles. The van der Waals surface area contributed by atoms with Crippen molar-refractivity contribution in [2.45, 2.75) is 44.6 Å². The molecule has 1 aromatic rings. The van der Waals surface area contributed by atoms with E-state index in [1.54, 1.807) is 11.3 Å². The van der Waals surface area contributed by atoms with Crippen LogP contribution in [0.4, 0.5) is 5.00 Å². The molecule has 5 nitrogen and oxygen atoms in total. The Bertz CT molecular complexity index is 594. The normalized spacial score (nSPS) is 20.0. The van der Waals surface area contributed by atoms with Crippen LogP contribution in [0.3, 0.4) is 0 Å². The van der Waals surface area contributed by atoms with Gasteiger partial charge < -0.3 is 20.1 Å². The summed E-state index contributed by atoms with van der Waals surface area (Å²) in [5, 5.41) is 7.71. The zero-order chi connectivity index (χ0) is 16.2. The summed E-state index contributed by atoms with van der Waals surface area (Å²) in [6.45, 7) is 1.53. The molecule has 1 aromatic heterocycles. The van der Waals surface area contributed by atoms with E-state index in [9.17, 15) is 4.79 Å². The lowest BCUT2D eigenvalue weighted by atomic mass is 9.95. The van der Waals surface area contributed by atoms with Crippen LogP contribution in [0.1, 0.15) is 46.5 Å². The first kappa shape index (κ1) is 16.7. The summed E-state index contributed by atoms with van der Waals surface area (Å²) < 4.78 is 10.5. The van der Waals surface area contributed by atoms with Gasteiger partial charge in [-0.1, -0.05) is 0 Å². The van der Waals surface area contributed by atoms with Gasteiger partial charge in [0.1, 0.15) is 5.00 Å². The van der Waals surface area contributed by atoms with Gasteiger partial charge in [0.05, 0.1) is 18.8 Å². The van der Waals surface area contributed by atoms with Gasteiger partial charge in [-0.15, -0.1) is 11.3 Å². The van der Waals surface area contributed by atoms with Gasteiger partial charge in [0.25, 0.3) is 0 Å². The van der Waals surface area contributed by atoms with E-state index < -0.39 is 0 Å². The van der Waals surface area contributed by atoms with Crippen molar-refractivity contribution < 1.29 is 14.3 Å². The van der Waals surface area contributed by atoms with Crippen LogP contribution >= 0.6 is 23.6 Å². The van der Waals surface area contributed by atoms with Crippen LogP contribution in [0.2, 0.25) is 0 Å². The Balaban J connectivity index is 1.69. The van der Waals surface area contributed by atoms with E-state index in [2.05, 4.69) is 10.6 Å². The predicted molar refractivity (Wildman–Crippen MR) is 95.5 cm³/mol. The van der Waals surface area contributed by atoms with Crippen molar-refractivity contribution in [1.82, 2.24) is 5.32 Å². The third-order valence-electron chi connectivity index (χ3n) is 4.30. The number of anilines is 1. The van der Waals surface area contributed by atoms with Gasteiger partial charge in [0.2, 0.25) is 0 Å². The van der Waals surface area contributed by atoms with E-state index >= 15 is 0 Å². The van der Waals surface area contributed by atoms with E-state index in [0.717, 1.165) is 49.3 Å². The molecule has 1 aliphatic carbocycles. The summed E-state index contributed by atoms with van der Waals surface area (Å²) in [7, 11) is 1.42. The third-order valence-corrected chi connectivity index (χ3v) is 5.76. The van der Waals surface area contributed by atoms with Gasteiger partial charge in [-0.25, -0.2) is 4.79 Å². The van der Waals surface area contributed by atoms with E-state index in [1.807, 2.05) is 0 Å². The minimum atomic E-state index is -0.283. The number of thiocarbonyl (C=S) groups is 1. The molecular weight excluding hydrogens is 332 g/mol. The van der Waals surface area contributed by atoms with Gasteiger partial charge in [-0.2, -0.15) is 0 Å². The zero-order valence-electron chi connectivity index (χ0n) is 13.3. The number of esters is 1. The van der Waals surface area contributed by atoms with Gasteiger partial charge in [-0.3, -0.25) is 0 Å². The molecule has 126 valence electrons. The molecule has 2 aliphatic rings. The fourth-order valence-corrected chi connectivity index (χ4v) is 4.66. The molecule has 0 radical (unpaired) electrons. The summed E-state index contributed by atoms with van der Waals surface area (Å²) in [5.41, 5.74) is 1.80. The maximum atomic E-state index is 12.2. The number of carbonyl (C=O) groups excluding carboxylic acids is 1. The van der Waals surface area contributed by atoms with E-state index in [0.29, 0.717) is 17.2 Å². The maximum absolute atomic E-state index is 12.2. The monoisotopic (exact) mass is 354 g/mol. The molecule has 1 aliphatic heterocycles. The number of nitrogens with one attached hydrogen (secondary N) is 2. The largest absolute Gasteiger partial charge is 0.465 e. The standard InChI is InChI=1S/C16H22N2O3S2/c1-20-15(19)13-11-6-2-3-7-12(11)23-14(13)18-16(22)17-9-10-5-4-8-21-10/h10H,2-9H2,1H3,(H2,17,18,22)/t10-/m1/s1. The number of hydrogen-bond acceptors (Lipinski definition) is 5. The Kier molecular flexibility index (Phi) is 5.50. The highest BCUT2D eigenvalue weighted by atomic mass is 32.1. The molecule has 0 saturated carbocycles. The SMILES string of the molecule is COC(=O)c1c(NC(=S)NC[C@H]2CCCO2)sc2c1CCCC2. The average molecular weight is 354 g/mol. The Morgan fingerprint density at radius 2 is 2.22 bits per heavy atom. The number of aryl methyl sites for hydroxylation is 1. The Hall–Kier alpha value is -1.18. The quantitative estimate of drug-likeness (QED) is 0.640. The molecule has 3 rings (SSSR count). The number of hydrogen-bond donors (Lipinski definition) is 2. The lowest BCUT2D eigenvalue weighted by Gasteiger charge is -2.14. The van der Waals surface area contributed by atoms with E-state index in [1.165, 1.54) is 18.4 Å². The summed E-state index contributed by atoms with van der Waals surface area (Å²) in [5.74, 6) is -0.283. The Morgan fingerprint density at radius 1 is 1.39 bits per heavy atom. The van der Waals surface area contributed by atoms with Gasteiger partial charge in [0.15, 0.2) is 5.11 Å². The van der Waals surface area contributed by atoms with Gasteiger partial charge in [-0.05, 0) is 56.3 Å². The van der Waals surface area contributed by atoms with Crippen LogP contribution < -0.4 is 10.6 Å². The molecular formula is C16H22N2O3S2. The third kappa shape index (κ3) is 3.84. The fraction of sp³-hybridized carbons (Fsp3) is 0.625. The second-order valence-corrected chi connectivity index (χ2v) is 7.39. The number of ether oxygens (including phenoxy) is 2. The van der Waals surface area contributed by atoms with Crippen LogP contribution in [0, 0.1) is 0 Å². The molecule has 1 fully saturated rings. The van der Waals surface area contributed by atoms with Crippen LogP contribution in [-0.4, -0.2) is 37.4 Å². The van der Waals surface area contributed by atoms with Crippen molar-refractivity contribution in [1.29, 1.82) is 0 Å². The first-order valence-electron chi connectivity index (χ1n) is 8.08. The lowest BCUT2D eigenvalue weighted by molar-refractivity contribution is 0.0601. The predicted octanol–water partition coefficient (Wildman–Crippen LogP) is 2.88. The first-order valence-corrected chi connectivity index (χ1v) is 9.31. The lowest BCUT2D eigenvalue weighted by Crippen LogP contribution is -2.35. The molecule has 23 heavy (non-hydrogen) atoms. The summed E-state index contributed by atoms with van der Waals surface area (Å²) in [6.07, 6.45) is 6.67. The number of rotatable bonds is 4. The summed E-state index contributed by atoms with van der Waals surface area (Å²) in [6, 6.07) is 0. The summed E-state index contributed by atoms with van der Waals surface area (Å²) >= 11 is 6.99. The van der Waals surface area contributed by atoms with Crippen molar-refractivity contribution in [3.8, 4) is 0 Å².